The third kappa shape index (κ3) is 2.84. The van der Waals surface area contributed by atoms with E-state index >= 15 is 0 Å². The Hall–Kier alpha value is -3.22. The maximum absolute atomic E-state index is 12.7. The highest BCUT2D eigenvalue weighted by molar-refractivity contribution is 6.04. The Bertz CT molecular complexity index is 1050. The van der Waals surface area contributed by atoms with Crippen LogP contribution in [0.25, 0.3) is 16.7 Å². The van der Waals surface area contributed by atoms with Crippen LogP contribution in [-0.2, 0) is 6.54 Å². The molecule has 4 rings (SSSR count). The summed E-state index contributed by atoms with van der Waals surface area (Å²) in [6, 6.07) is 11.4. The van der Waals surface area contributed by atoms with E-state index in [4.69, 9.17) is 0 Å². The highest BCUT2D eigenvalue weighted by Crippen LogP contribution is 2.21. The number of carbonyl (C=O) groups is 1. The molecule has 25 heavy (non-hydrogen) atoms. The number of hydrogen-bond donors (Lipinski definition) is 1. The number of anilines is 1. The summed E-state index contributed by atoms with van der Waals surface area (Å²) in [6.07, 6.45) is 5.22. The summed E-state index contributed by atoms with van der Waals surface area (Å²) in [7, 11) is 0. The molecule has 7 nitrogen and oxygen atoms in total. The second-order valence-corrected chi connectivity index (χ2v) is 5.86. The summed E-state index contributed by atoms with van der Waals surface area (Å²) >= 11 is 0. The number of rotatable bonds is 5. The molecule has 0 spiro atoms. The third-order valence-electron chi connectivity index (χ3n) is 4.15. The number of carbonyl (C=O) groups excluding carboxylic acids is 1. The molecule has 0 radical (unpaired) electrons. The van der Waals surface area contributed by atoms with Gasteiger partial charge in [-0.3, -0.25) is 10.1 Å². The fraction of sp³-hybridized carbons (Fsp3) is 0.222. The molecule has 126 valence electrons. The lowest BCUT2D eigenvalue weighted by atomic mass is 10.2. The van der Waals surface area contributed by atoms with Gasteiger partial charge in [-0.25, -0.2) is 14.5 Å². The Kier molecular flexibility index (Phi) is 3.89. The average molecular weight is 334 g/mol. The van der Waals surface area contributed by atoms with E-state index in [1.807, 2.05) is 24.3 Å². The predicted molar refractivity (Wildman–Crippen MR) is 95.6 cm³/mol. The van der Waals surface area contributed by atoms with Crippen LogP contribution in [0.3, 0.4) is 0 Å². The molecule has 4 aromatic rings. The van der Waals surface area contributed by atoms with Gasteiger partial charge in [0.25, 0.3) is 5.91 Å². The molecule has 1 aromatic carbocycles. The maximum atomic E-state index is 12.7. The number of aryl methyl sites for hydroxylation is 1. The summed E-state index contributed by atoms with van der Waals surface area (Å²) in [5, 5.41) is 7.00. The van der Waals surface area contributed by atoms with Crippen LogP contribution in [0, 0.1) is 0 Å². The molecule has 0 atom stereocenters. The Balaban J connectivity index is 1.67. The van der Waals surface area contributed by atoms with Crippen LogP contribution in [0.15, 0.2) is 48.9 Å². The van der Waals surface area contributed by atoms with Crippen molar-refractivity contribution >= 4 is 28.5 Å². The Morgan fingerprint density at radius 2 is 2.08 bits per heavy atom. The summed E-state index contributed by atoms with van der Waals surface area (Å²) in [4.78, 5) is 21.3. The molecule has 0 aliphatic carbocycles. The number of aromatic nitrogens is 5. The average Bonchev–Trinajstić information content (AvgIpc) is 3.23. The van der Waals surface area contributed by atoms with Crippen molar-refractivity contribution in [3.05, 3.63) is 54.5 Å². The van der Waals surface area contributed by atoms with E-state index < -0.39 is 0 Å². The number of para-hydroxylation sites is 2. The highest BCUT2D eigenvalue weighted by Gasteiger charge is 2.14. The van der Waals surface area contributed by atoms with E-state index in [0.29, 0.717) is 17.2 Å². The van der Waals surface area contributed by atoms with Crippen LogP contribution >= 0.6 is 0 Å². The Morgan fingerprint density at radius 3 is 2.96 bits per heavy atom. The first-order chi connectivity index (χ1) is 12.3. The van der Waals surface area contributed by atoms with E-state index in [0.717, 1.165) is 30.4 Å². The summed E-state index contributed by atoms with van der Waals surface area (Å²) in [6.45, 7) is 2.96. The van der Waals surface area contributed by atoms with Gasteiger partial charge in [0, 0.05) is 12.7 Å². The minimum atomic E-state index is -0.217. The highest BCUT2D eigenvalue weighted by atomic mass is 16.1. The molecule has 0 unspecified atom stereocenters. The van der Waals surface area contributed by atoms with Crippen LogP contribution in [-0.4, -0.2) is 30.1 Å². The zero-order valence-electron chi connectivity index (χ0n) is 13.9. The number of hydrogen-bond acceptors (Lipinski definition) is 4. The quantitative estimate of drug-likeness (QED) is 0.608. The van der Waals surface area contributed by atoms with Crippen LogP contribution in [0.4, 0.5) is 5.95 Å². The zero-order chi connectivity index (χ0) is 17.2. The maximum Gasteiger partial charge on any atom is 0.259 e. The molecule has 0 saturated carbocycles. The molecule has 0 saturated heterocycles. The van der Waals surface area contributed by atoms with Crippen molar-refractivity contribution in [3.63, 3.8) is 0 Å². The molecule has 3 heterocycles. The van der Waals surface area contributed by atoms with Gasteiger partial charge in [-0.15, -0.1) is 0 Å². The zero-order valence-corrected chi connectivity index (χ0v) is 13.9. The first-order valence-corrected chi connectivity index (χ1v) is 8.32. The number of amides is 1. The van der Waals surface area contributed by atoms with E-state index in [1.165, 1.54) is 6.33 Å². The molecular weight excluding hydrogens is 316 g/mol. The molecule has 0 fully saturated rings. The van der Waals surface area contributed by atoms with Gasteiger partial charge in [0.05, 0.1) is 16.6 Å². The molecular formula is C18H18N6O. The van der Waals surface area contributed by atoms with Crippen molar-refractivity contribution in [3.8, 4) is 0 Å². The lowest BCUT2D eigenvalue weighted by molar-refractivity contribution is 0.102. The molecule has 3 aromatic heterocycles. The van der Waals surface area contributed by atoms with Crippen LogP contribution < -0.4 is 5.32 Å². The monoisotopic (exact) mass is 334 g/mol. The van der Waals surface area contributed by atoms with E-state index in [1.54, 1.807) is 22.8 Å². The van der Waals surface area contributed by atoms with Crippen molar-refractivity contribution < 1.29 is 4.79 Å². The summed E-state index contributed by atoms with van der Waals surface area (Å²) in [5.74, 6) is 0.351. The minimum Gasteiger partial charge on any atom is -0.310 e. The second-order valence-electron chi connectivity index (χ2n) is 5.86. The lowest BCUT2D eigenvalue weighted by Crippen LogP contribution is -2.16. The van der Waals surface area contributed by atoms with Crippen molar-refractivity contribution in [1.82, 2.24) is 24.1 Å². The van der Waals surface area contributed by atoms with Gasteiger partial charge in [-0.2, -0.15) is 5.10 Å². The van der Waals surface area contributed by atoms with E-state index in [2.05, 4.69) is 31.9 Å². The molecule has 0 bridgehead atoms. The standard InChI is InChI=1S/C18H18N6O/c1-2-3-10-23-15-7-5-4-6-14(15)21-18(23)22-17(25)13-8-9-16-19-12-20-24(16)11-13/h4-9,11-12H,2-3,10H2,1H3,(H,21,22,25). The molecule has 1 N–H and O–H groups in total. The predicted octanol–water partition coefficient (Wildman–Crippen LogP) is 3.13. The van der Waals surface area contributed by atoms with Crippen molar-refractivity contribution in [2.45, 2.75) is 26.3 Å². The first kappa shape index (κ1) is 15.3. The van der Waals surface area contributed by atoms with Gasteiger partial charge in [-0.1, -0.05) is 25.5 Å². The number of fused-ring (bicyclic) bond motifs is 2. The van der Waals surface area contributed by atoms with Gasteiger partial charge in [0.2, 0.25) is 5.95 Å². The topological polar surface area (TPSA) is 77.1 Å². The molecule has 0 aliphatic heterocycles. The summed E-state index contributed by atoms with van der Waals surface area (Å²) in [5.41, 5.74) is 3.11. The minimum absolute atomic E-state index is 0.217. The number of nitrogens with zero attached hydrogens (tertiary/aromatic N) is 5. The van der Waals surface area contributed by atoms with Crippen LogP contribution in [0.1, 0.15) is 30.1 Å². The summed E-state index contributed by atoms with van der Waals surface area (Å²) < 4.78 is 3.64. The number of pyridine rings is 1. The fourth-order valence-electron chi connectivity index (χ4n) is 2.84. The van der Waals surface area contributed by atoms with E-state index in [-0.39, 0.29) is 5.91 Å². The smallest absolute Gasteiger partial charge is 0.259 e. The van der Waals surface area contributed by atoms with Gasteiger partial charge in [-0.05, 0) is 30.7 Å². The van der Waals surface area contributed by atoms with Gasteiger partial charge in [0.15, 0.2) is 5.65 Å². The second kappa shape index (κ2) is 6.35. The first-order valence-electron chi connectivity index (χ1n) is 8.32. The fourth-order valence-corrected chi connectivity index (χ4v) is 2.84. The number of benzene rings is 1. The number of imidazole rings is 1. The van der Waals surface area contributed by atoms with Crippen molar-refractivity contribution in [2.24, 2.45) is 0 Å². The lowest BCUT2D eigenvalue weighted by Gasteiger charge is -2.09. The molecule has 0 aliphatic rings. The Labute approximate surface area is 144 Å². The SMILES string of the molecule is CCCCn1c(NC(=O)c2ccc3ncnn3c2)nc2ccccc21. The largest absolute Gasteiger partial charge is 0.310 e. The molecule has 7 heteroatoms. The van der Waals surface area contributed by atoms with Gasteiger partial charge in [0.1, 0.15) is 6.33 Å². The van der Waals surface area contributed by atoms with Crippen molar-refractivity contribution in [1.29, 1.82) is 0 Å². The number of unbranched alkanes of at least 4 members (excludes halogenated alkanes) is 1. The van der Waals surface area contributed by atoms with Gasteiger partial charge >= 0.3 is 0 Å². The molecule has 1 amide bonds. The van der Waals surface area contributed by atoms with Crippen LogP contribution in [0.5, 0.6) is 0 Å². The Morgan fingerprint density at radius 1 is 1.20 bits per heavy atom. The van der Waals surface area contributed by atoms with Crippen LogP contribution in [0.2, 0.25) is 0 Å². The van der Waals surface area contributed by atoms with Crippen molar-refractivity contribution in [2.75, 3.05) is 5.32 Å². The van der Waals surface area contributed by atoms with E-state index in [9.17, 15) is 4.79 Å². The third-order valence-corrected chi connectivity index (χ3v) is 4.15. The van der Waals surface area contributed by atoms with Gasteiger partial charge < -0.3 is 4.57 Å². The normalized spacial score (nSPS) is 11.2. The number of nitrogens with one attached hydrogen (secondary N) is 1.